The first kappa shape index (κ1) is 9.19. The zero-order valence-electron chi connectivity index (χ0n) is 6.26. The van der Waals surface area contributed by atoms with Crippen LogP contribution in [-0.2, 0) is 0 Å². The highest BCUT2D eigenvalue weighted by molar-refractivity contribution is 9.10. The van der Waals surface area contributed by atoms with Crippen LogP contribution >= 0.6 is 39.1 Å². The van der Waals surface area contributed by atoms with E-state index < -0.39 is 0 Å². The molecule has 0 fully saturated rings. The molecule has 0 bridgehead atoms. The molecule has 0 radical (unpaired) electrons. The second kappa shape index (κ2) is 3.40. The molecule has 66 valence electrons. The topological polar surface area (TPSA) is 25.8 Å². The molecular formula is C8H3BrCl2N2. The summed E-state index contributed by atoms with van der Waals surface area (Å²) in [5.74, 6) is 0. The highest BCUT2D eigenvalue weighted by atomic mass is 79.9. The van der Waals surface area contributed by atoms with E-state index in [1.165, 1.54) is 0 Å². The molecular weight excluding hydrogens is 275 g/mol. The van der Waals surface area contributed by atoms with E-state index in [2.05, 4.69) is 25.9 Å². The van der Waals surface area contributed by atoms with Gasteiger partial charge in [0.15, 0.2) is 0 Å². The molecule has 0 saturated carbocycles. The van der Waals surface area contributed by atoms with Crippen molar-refractivity contribution in [3.63, 3.8) is 0 Å². The quantitative estimate of drug-likeness (QED) is 0.686. The van der Waals surface area contributed by atoms with Crippen LogP contribution in [0.4, 0.5) is 0 Å². The van der Waals surface area contributed by atoms with Crippen molar-refractivity contribution in [1.82, 2.24) is 9.97 Å². The Morgan fingerprint density at radius 2 is 2.00 bits per heavy atom. The van der Waals surface area contributed by atoms with Crippen LogP contribution in [0.1, 0.15) is 0 Å². The van der Waals surface area contributed by atoms with Crippen molar-refractivity contribution in [2.24, 2.45) is 0 Å². The average Bonchev–Trinajstić information content (AvgIpc) is 2.06. The number of aromatic nitrogens is 2. The Bertz CT molecular complexity index is 473. The van der Waals surface area contributed by atoms with Crippen molar-refractivity contribution in [2.45, 2.75) is 0 Å². The van der Waals surface area contributed by atoms with Crippen molar-refractivity contribution in [2.75, 3.05) is 0 Å². The summed E-state index contributed by atoms with van der Waals surface area (Å²) in [7, 11) is 0. The number of fused-ring (bicyclic) bond motifs is 1. The predicted molar refractivity (Wildman–Crippen MR) is 57.3 cm³/mol. The minimum Gasteiger partial charge on any atom is -0.249 e. The highest BCUT2D eigenvalue weighted by Gasteiger charge is 2.03. The summed E-state index contributed by atoms with van der Waals surface area (Å²) < 4.78 is 0.728. The molecule has 0 aliphatic rings. The summed E-state index contributed by atoms with van der Waals surface area (Å²) in [6.07, 6.45) is 1.69. The fraction of sp³-hybridized carbons (Fsp3) is 0. The normalized spacial score (nSPS) is 10.7. The fourth-order valence-corrected chi connectivity index (χ4v) is 1.88. The van der Waals surface area contributed by atoms with Gasteiger partial charge in [0, 0.05) is 17.0 Å². The maximum absolute atomic E-state index is 5.89. The Morgan fingerprint density at radius 3 is 2.77 bits per heavy atom. The van der Waals surface area contributed by atoms with Gasteiger partial charge in [-0.1, -0.05) is 23.2 Å². The van der Waals surface area contributed by atoms with Crippen molar-refractivity contribution >= 4 is 49.9 Å². The summed E-state index contributed by atoms with van der Waals surface area (Å²) in [6.45, 7) is 0. The summed E-state index contributed by atoms with van der Waals surface area (Å²) in [5.41, 5.74) is 0. The lowest BCUT2D eigenvalue weighted by Gasteiger charge is -2.00. The summed E-state index contributed by atoms with van der Waals surface area (Å²) >= 11 is 14.9. The first-order valence-corrected chi connectivity index (χ1v) is 4.99. The average molecular weight is 278 g/mol. The van der Waals surface area contributed by atoms with Crippen LogP contribution < -0.4 is 0 Å². The van der Waals surface area contributed by atoms with Gasteiger partial charge in [-0.2, -0.15) is 0 Å². The van der Waals surface area contributed by atoms with Gasteiger partial charge in [0.1, 0.15) is 14.9 Å². The largest absolute Gasteiger partial charge is 0.249 e. The van der Waals surface area contributed by atoms with E-state index in [1.54, 1.807) is 18.3 Å². The number of halogens is 3. The van der Waals surface area contributed by atoms with Crippen LogP contribution in [0.2, 0.25) is 10.3 Å². The Labute approximate surface area is 93.0 Å². The minimum atomic E-state index is 0.377. The predicted octanol–water partition coefficient (Wildman–Crippen LogP) is 3.70. The molecule has 2 aromatic rings. The third-order valence-electron chi connectivity index (χ3n) is 1.60. The molecule has 0 spiro atoms. The Balaban J connectivity index is 2.87. The molecule has 0 aliphatic heterocycles. The molecule has 0 aliphatic carbocycles. The van der Waals surface area contributed by atoms with E-state index >= 15 is 0 Å². The smallest absolute Gasteiger partial charge is 0.138 e. The molecule has 13 heavy (non-hydrogen) atoms. The van der Waals surface area contributed by atoms with Crippen molar-refractivity contribution in [3.8, 4) is 0 Å². The van der Waals surface area contributed by atoms with Gasteiger partial charge >= 0.3 is 0 Å². The van der Waals surface area contributed by atoms with Crippen LogP contribution in [0.25, 0.3) is 10.8 Å². The number of nitrogens with zero attached hydrogens (tertiary/aromatic N) is 2. The van der Waals surface area contributed by atoms with Crippen LogP contribution in [0.3, 0.4) is 0 Å². The van der Waals surface area contributed by atoms with Crippen LogP contribution in [0.5, 0.6) is 0 Å². The molecule has 2 nitrogen and oxygen atoms in total. The molecule has 2 heterocycles. The first-order chi connectivity index (χ1) is 6.16. The second-order valence-corrected chi connectivity index (χ2v) is 4.02. The van der Waals surface area contributed by atoms with Crippen molar-refractivity contribution < 1.29 is 0 Å². The van der Waals surface area contributed by atoms with Gasteiger partial charge in [-0.3, -0.25) is 0 Å². The molecule has 2 aromatic heterocycles. The molecule has 2 rings (SSSR count). The molecule has 0 unspecified atom stereocenters. The maximum Gasteiger partial charge on any atom is 0.138 e. The van der Waals surface area contributed by atoms with Gasteiger partial charge in [0.05, 0.1) is 0 Å². The minimum absolute atomic E-state index is 0.377. The van der Waals surface area contributed by atoms with E-state index in [9.17, 15) is 0 Å². The van der Waals surface area contributed by atoms with E-state index in [0.29, 0.717) is 10.3 Å². The SMILES string of the molecule is Clc1cc2cnc(Br)cc2c(Cl)n1. The zero-order chi connectivity index (χ0) is 9.42. The summed E-state index contributed by atoms with van der Waals surface area (Å²) in [5, 5.41) is 2.49. The molecule has 0 saturated heterocycles. The number of rotatable bonds is 0. The lowest BCUT2D eigenvalue weighted by molar-refractivity contribution is 1.29. The Kier molecular flexibility index (Phi) is 2.41. The highest BCUT2D eigenvalue weighted by Crippen LogP contribution is 2.25. The summed E-state index contributed by atoms with van der Waals surface area (Å²) in [6, 6.07) is 3.53. The lowest BCUT2D eigenvalue weighted by atomic mass is 10.2. The first-order valence-electron chi connectivity index (χ1n) is 3.44. The van der Waals surface area contributed by atoms with E-state index in [0.717, 1.165) is 15.4 Å². The maximum atomic E-state index is 5.89. The Morgan fingerprint density at radius 1 is 1.23 bits per heavy atom. The fourth-order valence-electron chi connectivity index (χ4n) is 1.05. The monoisotopic (exact) mass is 276 g/mol. The third-order valence-corrected chi connectivity index (χ3v) is 2.52. The van der Waals surface area contributed by atoms with Gasteiger partial charge in [0.2, 0.25) is 0 Å². The van der Waals surface area contributed by atoms with E-state index in [4.69, 9.17) is 23.2 Å². The van der Waals surface area contributed by atoms with Crippen LogP contribution in [-0.4, -0.2) is 9.97 Å². The molecule has 5 heteroatoms. The molecule has 0 aromatic carbocycles. The van der Waals surface area contributed by atoms with Gasteiger partial charge in [-0.25, -0.2) is 9.97 Å². The van der Waals surface area contributed by atoms with Crippen molar-refractivity contribution in [1.29, 1.82) is 0 Å². The number of hydrogen-bond donors (Lipinski definition) is 0. The molecule has 0 amide bonds. The van der Waals surface area contributed by atoms with E-state index in [-0.39, 0.29) is 0 Å². The van der Waals surface area contributed by atoms with Gasteiger partial charge < -0.3 is 0 Å². The zero-order valence-corrected chi connectivity index (χ0v) is 9.36. The molecule has 0 atom stereocenters. The lowest BCUT2D eigenvalue weighted by Crippen LogP contribution is -1.83. The van der Waals surface area contributed by atoms with Gasteiger partial charge in [-0.15, -0.1) is 0 Å². The van der Waals surface area contributed by atoms with E-state index in [1.807, 2.05) is 0 Å². The van der Waals surface area contributed by atoms with Gasteiger partial charge in [0.25, 0.3) is 0 Å². The number of pyridine rings is 2. The van der Waals surface area contributed by atoms with Gasteiger partial charge in [-0.05, 0) is 28.1 Å². The summed E-state index contributed by atoms with van der Waals surface area (Å²) in [4.78, 5) is 7.99. The second-order valence-electron chi connectivity index (χ2n) is 2.46. The van der Waals surface area contributed by atoms with Crippen molar-refractivity contribution in [3.05, 3.63) is 33.2 Å². The number of hydrogen-bond acceptors (Lipinski definition) is 2. The molecule has 0 N–H and O–H groups in total. The third kappa shape index (κ3) is 1.77. The standard InChI is InChI=1S/C8H3BrCl2N2/c9-6-2-5-4(3-12-6)1-7(10)13-8(5)11/h1-3H. The van der Waals surface area contributed by atoms with Crippen LogP contribution in [0, 0.1) is 0 Å². The van der Waals surface area contributed by atoms with Crippen LogP contribution in [0.15, 0.2) is 22.9 Å². The Hall–Kier alpha value is -0.380.